The SMILES string of the molecule is COc1c(OCC(C)(O)CN2C[C@@H](C)O[C@@H](C)C2)ccc2c1N=C(N)N1CCN=C21. The van der Waals surface area contributed by atoms with E-state index >= 15 is 0 Å². The van der Waals surface area contributed by atoms with Gasteiger partial charge in [0.2, 0.25) is 5.96 Å². The quantitative estimate of drug-likeness (QED) is 0.710. The van der Waals surface area contributed by atoms with Crippen LogP contribution in [0.15, 0.2) is 22.1 Å². The molecule has 3 aliphatic rings. The van der Waals surface area contributed by atoms with Crippen LogP contribution in [0.5, 0.6) is 11.5 Å². The van der Waals surface area contributed by atoms with Gasteiger partial charge in [-0.1, -0.05) is 0 Å². The summed E-state index contributed by atoms with van der Waals surface area (Å²) in [6.45, 7) is 9.49. The fourth-order valence-corrected chi connectivity index (χ4v) is 4.40. The Balaban J connectivity index is 1.50. The molecule has 0 spiro atoms. The van der Waals surface area contributed by atoms with Gasteiger partial charge in [-0.25, -0.2) is 4.99 Å². The molecular weight excluding hydrogens is 386 g/mol. The normalized spacial score (nSPS) is 25.7. The largest absolute Gasteiger partial charge is 0.491 e. The van der Waals surface area contributed by atoms with Crippen LogP contribution >= 0.6 is 0 Å². The van der Waals surface area contributed by atoms with Crippen molar-refractivity contribution in [2.75, 3.05) is 46.4 Å². The van der Waals surface area contributed by atoms with Gasteiger partial charge < -0.3 is 25.1 Å². The predicted octanol–water partition coefficient (Wildman–Crippen LogP) is 0.956. The Kier molecular flexibility index (Phi) is 5.61. The zero-order valence-corrected chi connectivity index (χ0v) is 18.1. The summed E-state index contributed by atoms with van der Waals surface area (Å²) in [5.41, 5.74) is 6.57. The van der Waals surface area contributed by atoms with Crippen molar-refractivity contribution in [3.05, 3.63) is 17.7 Å². The molecule has 9 nitrogen and oxygen atoms in total. The summed E-state index contributed by atoms with van der Waals surface area (Å²) in [6.07, 6.45) is 0.292. The van der Waals surface area contributed by atoms with Crippen molar-refractivity contribution in [2.24, 2.45) is 15.7 Å². The Bertz CT molecular complexity index is 859. The minimum atomic E-state index is -1.04. The average Bonchev–Trinajstić information content (AvgIpc) is 3.15. The highest BCUT2D eigenvalue weighted by Gasteiger charge is 2.33. The third kappa shape index (κ3) is 4.10. The van der Waals surface area contributed by atoms with Crippen LogP contribution in [0.25, 0.3) is 0 Å². The minimum absolute atomic E-state index is 0.120. The van der Waals surface area contributed by atoms with Gasteiger partial charge in [-0.15, -0.1) is 0 Å². The summed E-state index contributed by atoms with van der Waals surface area (Å²) in [5, 5.41) is 10.9. The van der Waals surface area contributed by atoms with E-state index in [1.807, 2.05) is 30.9 Å². The summed E-state index contributed by atoms with van der Waals surface area (Å²) >= 11 is 0. The third-order valence-corrected chi connectivity index (χ3v) is 5.48. The van der Waals surface area contributed by atoms with Crippen LogP contribution in [0.2, 0.25) is 0 Å². The Labute approximate surface area is 177 Å². The van der Waals surface area contributed by atoms with E-state index in [1.54, 1.807) is 14.0 Å². The van der Waals surface area contributed by atoms with Gasteiger partial charge in [-0.05, 0) is 32.9 Å². The molecule has 164 valence electrons. The van der Waals surface area contributed by atoms with Crippen molar-refractivity contribution >= 4 is 17.5 Å². The summed E-state index contributed by atoms with van der Waals surface area (Å²) in [7, 11) is 1.58. The van der Waals surface area contributed by atoms with E-state index in [4.69, 9.17) is 19.9 Å². The number of benzene rings is 1. The Morgan fingerprint density at radius 2 is 2.03 bits per heavy atom. The number of hydrogen-bond donors (Lipinski definition) is 2. The van der Waals surface area contributed by atoms with E-state index in [0.29, 0.717) is 36.2 Å². The van der Waals surface area contributed by atoms with Gasteiger partial charge in [0.15, 0.2) is 11.5 Å². The minimum Gasteiger partial charge on any atom is -0.491 e. The number of aliphatic imine (C=N–C) groups is 2. The molecule has 3 heterocycles. The first-order valence-corrected chi connectivity index (χ1v) is 10.4. The monoisotopic (exact) mass is 417 g/mol. The topological polar surface area (TPSA) is 105 Å². The molecule has 0 aromatic heterocycles. The van der Waals surface area contributed by atoms with Crippen molar-refractivity contribution in [3.63, 3.8) is 0 Å². The molecule has 9 heteroatoms. The van der Waals surface area contributed by atoms with Crippen molar-refractivity contribution < 1.29 is 19.3 Å². The van der Waals surface area contributed by atoms with Crippen molar-refractivity contribution in [3.8, 4) is 11.5 Å². The van der Waals surface area contributed by atoms with Crippen molar-refractivity contribution in [2.45, 2.75) is 38.6 Å². The highest BCUT2D eigenvalue weighted by atomic mass is 16.5. The number of rotatable bonds is 6. The van der Waals surface area contributed by atoms with Gasteiger partial charge in [-0.2, -0.15) is 0 Å². The van der Waals surface area contributed by atoms with E-state index in [1.165, 1.54) is 0 Å². The molecular formula is C21H31N5O4. The molecule has 4 rings (SSSR count). The van der Waals surface area contributed by atoms with Crippen LogP contribution in [0.4, 0.5) is 5.69 Å². The van der Waals surface area contributed by atoms with Crippen LogP contribution in [-0.4, -0.2) is 91.0 Å². The molecule has 1 saturated heterocycles. The van der Waals surface area contributed by atoms with Crippen LogP contribution in [0, 0.1) is 0 Å². The van der Waals surface area contributed by atoms with Gasteiger partial charge in [0.1, 0.15) is 23.7 Å². The highest BCUT2D eigenvalue weighted by molar-refractivity contribution is 6.16. The third-order valence-electron chi connectivity index (χ3n) is 5.48. The summed E-state index contributed by atoms with van der Waals surface area (Å²) in [5.74, 6) is 2.22. The van der Waals surface area contributed by atoms with Crippen LogP contribution in [0.3, 0.4) is 0 Å². The molecule has 1 fully saturated rings. The zero-order chi connectivity index (χ0) is 21.5. The van der Waals surface area contributed by atoms with Gasteiger partial charge in [-0.3, -0.25) is 14.8 Å². The first kappa shape index (κ1) is 20.9. The lowest BCUT2D eigenvalue weighted by Crippen LogP contribution is -2.52. The standard InChI is InChI=1S/C21H31N5O4/c1-13-9-25(10-14(2)30-13)11-21(3,27)12-29-16-6-5-15-17(18(16)28-4)24-20(22)26-8-7-23-19(15)26/h5-6,13-14,27H,7-12H2,1-4H3,(H2,22,24)/t13-,14+,21?. The maximum atomic E-state index is 10.9. The van der Waals surface area contributed by atoms with Crippen molar-refractivity contribution in [1.29, 1.82) is 0 Å². The van der Waals surface area contributed by atoms with E-state index < -0.39 is 5.60 Å². The molecule has 1 aromatic carbocycles. The lowest BCUT2D eigenvalue weighted by molar-refractivity contribution is -0.0952. The second kappa shape index (κ2) is 8.05. The number of methoxy groups -OCH3 is 1. The number of β-amino-alcohol motifs (C(OH)–C–C–N with tert-alkyl or cyclic N) is 1. The zero-order valence-electron chi connectivity index (χ0n) is 18.1. The Hall–Kier alpha value is -2.36. The number of nitrogens with zero attached hydrogens (tertiary/aromatic N) is 4. The van der Waals surface area contributed by atoms with Gasteiger partial charge in [0, 0.05) is 31.7 Å². The van der Waals surface area contributed by atoms with Crippen LogP contribution in [-0.2, 0) is 4.74 Å². The molecule has 0 aliphatic carbocycles. The molecule has 3 N–H and O–H groups in total. The number of morpholine rings is 1. The van der Waals surface area contributed by atoms with Gasteiger partial charge >= 0.3 is 0 Å². The summed E-state index contributed by atoms with van der Waals surface area (Å²) in [6, 6.07) is 3.75. The van der Waals surface area contributed by atoms with E-state index in [9.17, 15) is 5.11 Å². The fourth-order valence-electron chi connectivity index (χ4n) is 4.40. The summed E-state index contributed by atoms with van der Waals surface area (Å²) < 4.78 is 17.4. The van der Waals surface area contributed by atoms with Gasteiger partial charge in [0.25, 0.3) is 0 Å². The number of hydrogen-bond acceptors (Lipinski definition) is 9. The second-order valence-corrected chi connectivity index (χ2v) is 8.56. The maximum Gasteiger partial charge on any atom is 0.202 e. The number of aliphatic hydroxyl groups is 1. The molecule has 1 unspecified atom stereocenters. The van der Waals surface area contributed by atoms with E-state index in [2.05, 4.69) is 14.9 Å². The Morgan fingerprint density at radius 1 is 1.30 bits per heavy atom. The molecule has 3 aliphatic heterocycles. The number of ether oxygens (including phenoxy) is 3. The summed E-state index contributed by atoms with van der Waals surface area (Å²) in [4.78, 5) is 13.2. The number of amidine groups is 1. The molecule has 30 heavy (non-hydrogen) atoms. The number of fused-ring (bicyclic) bond motifs is 3. The van der Waals surface area contributed by atoms with Crippen molar-refractivity contribution in [1.82, 2.24) is 9.80 Å². The second-order valence-electron chi connectivity index (χ2n) is 8.56. The lowest BCUT2D eigenvalue weighted by atomic mass is 10.1. The molecule has 0 bridgehead atoms. The molecule has 0 saturated carbocycles. The molecule has 0 amide bonds. The van der Waals surface area contributed by atoms with Gasteiger partial charge in [0.05, 0.1) is 25.9 Å². The smallest absolute Gasteiger partial charge is 0.202 e. The number of nitrogens with two attached hydrogens (primary N) is 1. The van der Waals surface area contributed by atoms with E-state index in [-0.39, 0.29) is 18.8 Å². The van der Waals surface area contributed by atoms with Crippen LogP contribution < -0.4 is 15.2 Å². The first-order valence-electron chi connectivity index (χ1n) is 10.4. The van der Waals surface area contributed by atoms with E-state index in [0.717, 1.165) is 31.0 Å². The maximum absolute atomic E-state index is 10.9. The fraction of sp³-hybridized carbons (Fsp3) is 0.619. The number of guanidine groups is 1. The Morgan fingerprint density at radius 3 is 2.73 bits per heavy atom. The van der Waals surface area contributed by atoms with Crippen LogP contribution in [0.1, 0.15) is 26.3 Å². The predicted molar refractivity (Wildman–Crippen MR) is 115 cm³/mol. The average molecular weight is 418 g/mol. The highest BCUT2D eigenvalue weighted by Crippen LogP contribution is 2.43. The first-order chi connectivity index (χ1) is 14.3. The molecule has 3 atom stereocenters. The molecule has 0 radical (unpaired) electrons. The molecule has 1 aromatic rings. The lowest BCUT2D eigenvalue weighted by Gasteiger charge is -2.39.